The number of H-pyrrole nitrogens is 2. The molecule has 78 heavy (non-hydrogen) atoms. The van der Waals surface area contributed by atoms with E-state index in [-0.39, 0.29) is 107 Å². The van der Waals surface area contributed by atoms with Crippen molar-refractivity contribution in [3.63, 3.8) is 0 Å². The normalized spacial score (nSPS) is 20.2. The monoisotopic (exact) mass is 1210 g/mol. The van der Waals surface area contributed by atoms with Gasteiger partial charge in [-0.25, -0.2) is 45.6 Å². The van der Waals surface area contributed by atoms with Crippen LogP contribution in [0.2, 0.25) is 5.15 Å². The molecule has 0 radical (unpaired) electrons. The topological polar surface area (TPSA) is 279 Å². The van der Waals surface area contributed by atoms with Crippen molar-refractivity contribution in [3.8, 4) is 23.4 Å². The lowest BCUT2D eigenvalue weighted by Gasteiger charge is -2.34. The zero-order chi connectivity index (χ0) is 64.1. The van der Waals surface area contributed by atoms with E-state index in [1.165, 1.54) is 66.2 Å². The number of ether oxygens (including phenoxy) is 2. The predicted molar refractivity (Wildman–Crippen MR) is 313 cm³/mol. The molecule has 2 aliphatic heterocycles. The largest absolute Gasteiger partial charge is 0.476 e. The molecule has 432 valence electrons. The number of carbonyl (C=O) groups excluding carboxylic acids is 2. The van der Waals surface area contributed by atoms with Gasteiger partial charge in [-0.3, -0.25) is 19.8 Å². The van der Waals surface area contributed by atoms with Gasteiger partial charge in [-0.05, 0) is 108 Å². The molecule has 2 amide bonds. The lowest BCUT2D eigenvalue weighted by Crippen LogP contribution is -2.41. The van der Waals surface area contributed by atoms with Gasteiger partial charge >= 0.3 is 0 Å². The van der Waals surface area contributed by atoms with E-state index in [9.17, 15) is 26.4 Å². The van der Waals surface area contributed by atoms with Crippen LogP contribution in [0.5, 0.6) is 11.8 Å². The Labute approximate surface area is 497 Å². The first kappa shape index (κ1) is 52.0. The average molecular weight is 1210 g/mol. The number of halogens is 2. The number of aromatic amines is 2. The molecule has 0 spiro atoms. The summed E-state index contributed by atoms with van der Waals surface area (Å²) in [5.41, 5.74) is -2.12. The van der Waals surface area contributed by atoms with Crippen LogP contribution in [0.3, 0.4) is 0 Å². The van der Waals surface area contributed by atoms with Crippen LogP contribution in [0, 0.1) is 36.5 Å². The lowest BCUT2D eigenvalue weighted by molar-refractivity contribution is 0.0972. The number of nitrogens with zero attached hydrogens (tertiary/aromatic N) is 9. The maximum Gasteiger partial charge on any atom is 0.268 e. The summed E-state index contributed by atoms with van der Waals surface area (Å²) in [7, 11) is -8.44. The van der Waals surface area contributed by atoms with E-state index >= 15 is 0 Å². The van der Waals surface area contributed by atoms with E-state index in [1.807, 2.05) is 51.0 Å². The van der Waals surface area contributed by atoms with Crippen molar-refractivity contribution in [2.24, 2.45) is 22.7 Å². The Balaban J connectivity index is 0.000000383. The molecule has 0 aromatic carbocycles. The van der Waals surface area contributed by atoms with E-state index in [0.29, 0.717) is 36.5 Å². The molecule has 0 unspecified atom stereocenters. The van der Waals surface area contributed by atoms with Crippen molar-refractivity contribution in [1.29, 1.82) is 0 Å². The van der Waals surface area contributed by atoms with Crippen LogP contribution in [0.15, 0.2) is 71.0 Å². The Kier molecular flexibility index (Phi) is 17.5. The first-order valence-electron chi connectivity index (χ1n) is 28.4. The second kappa shape index (κ2) is 26.3. The quantitative estimate of drug-likeness (QED) is 0.0685. The zero-order valence-corrected chi connectivity index (χ0v) is 50.4. The van der Waals surface area contributed by atoms with Gasteiger partial charge in [-0.1, -0.05) is 66.8 Å². The van der Waals surface area contributed by atoms with E-state index in [2.05, 4.69) is 45.9 Å². The zero-order valence-electron chi connectivity index (χ0n) is 55.2. The molecule has 0 aliphatic carbocycles. The first-order valence-corrected chi connectivity index (χ1v) is 26.8. The Hall–Kier alpha value is -5.38. The van der Waals surface area contributed by atoms with Crippen molar-refractivity contribution in [1.82, 2.24) is 64.7 Å². The molecule has 22 nitrogen and oxygen atoms in total. The minimum Gasteiger partial charge on any atom is -0.476 e. The van der Waals surface area contributed by atoms with Gasteiger partial charge in [0.05, 0.1) is 48.1 Å². The van der Waals surface area contributed by atoms with Crippen LogP contribution in [0.25, 0.3) is 11.6 Å². The Bertz CT molecular complexity index is 3640. The summed E-state index contributed by atoms with van der Waals surface area (Å²) in [6.45, 7) is 17.5. The third-order valence-electron chi connectivity index (χ3n) is 10.8. The van der Waals surface area contributed by atoms with Gasteiger partial charge in [0.25, 0.3) is 31.9 Å². The number of nitrogens with one attached hydrogen (secondary N) is 5. The molecule has 2 fully saturated rings. The summed E-state index contributed by atoms with van der Waals surface area (Å²) in [5.74, 6) is -3.05. The third-order valence-corrected chi connectivity index (χ3v) is 14.0. The minimum atomic E-state index is -4.34. The van der Waals surface area contributed by atoms with Crippen molar-refractivity contribution < 1.29 is 49.6 Å². The standard InChI is InChI=1S/C25H35N7O4S.C18H21ClN6O4S.C7H15N.ClH.2H2S/c1-16-12-25(6,7)31(14-16)22-18(23(33)30-37(34,35)19-13-26-28-17(19)2)8-9-20(27-22)32-11-10-21(29-32)36-15-24(3,4)5;1-11-13(9-20-22-11)30(27,28)24-17(26)12-5-6-14(21-16(12)19)25-8-7-15(23-25)29-10-18(2,3)4;1-6-4-7(2,3)8-5-6;;;/h8-11,13,16H,12,14-15H2,1-7H3,(H,26,28)(H,30,33);5-9H,10H2,1-4H3,(H,20,22)(H,24,26);6,8H,4-5H2,1-3H3;1H;2*1H2/t16-;;6-;;;/m0.0.../s1/i1D3,12D2;;1D3,4D2;;;. The Morgan fingerprint density at radius 3 is 1.59 bits per heavy atom. The molecule has 5 N–H and O–H groups in total. The van der Waals surface area contributed by atoms with Gasteiger partial charge in [0.2, 0.25) is 11.8 Å². The number of carbonyl (C=O) groups is 2. The summed E-state index contributed by atoms with van der Waals surface area (Å²) in [6, 6.07) is 8.98. The lowest BCUT2D eigenvalue weighted by atomic mass is 9.97. The fourth-order valence-corrected chi connectivity index (χ4v) is 9.61. The van der Waals surface area contributed by atoms with Gasteiger partial charge in [-0.15, -0.1) is 22.6 Å². The molecule has 0 saturated carbocycles. The maximum absolute atomic E-state index is 13.5. The first-order chi connectivity index (χ1) is 38.7. The van der Waals surface area contributed by atoms with Crippen LogP contribution in [0.1, 0.15) is 141 Å². The number of aryl methyl sites for hydroxylation is 2. The predicted octanol–water partition coefficient (Wildman–Crippen LogP) is 8.00. The summed E-state index contributed by atoms with van der Waals surface area (Å²) >= 11 is 6.13. The second-order valence-electron chi connectivity index (χ2n) is 21.1. The number of sulfonamides is 2. The fraction of sp³-hybridized carbons (Fsp3) is 0.520. The van der Waals surface area contributed by atoms with Crippen LogP contribution in [0.4, 0.5) is 5.82 Å². The molecule has 0 bridgehead atoms. The highest BCUT2D eigenvalue weighted by Crippen LogP contribution is 2.38. The third kappa shape index (κ3) is 17.8. The number of rotatable bonds is 13. The minimum absolute atomic E-state index is 0. The van der Waals surface area contributed by atoms with Gasteiger partial charge < -0.3 is 19.7 Å². The van der Waals surface area contributed by atoms with Crippen molar-refractivity contribution >= 4 is 88.7 Å². The summed E-state index contributed by atoms with van der Waals surface area (Å²) in [6.07, 6.45) is 1.51. The molecule has 8 heterocycles. The summed E-state index contributed by atoms with van der Waals surface area (Å²) < 4.78 is 147. The smallest absolute Gasteiger partial charge is 0.268 e. The van der Waals surface area contributed by atoms with Gasteiger partial charge in [0, 0.05) is 55.9 Å². The van der Waals surface area contributed by atoms with Crippen molar-refractivity contribution in [3.05, 3.63) is 88.9 Å². The molecule has 2 aliphatic rings. The Morgan fingerprint density at radius 1 is 0.744 bits per heavy atom. The molecule has 8 rings (SSSR count). The van der Waals surface area contributed by atoms with E-state index < -0.39 is 81.2 Å². The highest BCUT2D eigenvalue weighted by Gasteiger charge is 2.40. The molecule has 6 aromatic heterocycles. The van der Waals surface area contributed by atoms with Crippen molar-refractivity contribution in [2.45, 2.75) is 130 Å². The number of anilines is 1. The molecule has 2 saturated heterocycles. The summed E-state index contributed by atoms with van der Waals surface area (Å²) in [5, 5.41) is 23.8. The van der Waals surface area contributed by atoms with Gasteiger partial charge in [0.1, 0.15) is 20.8 Å². The molecule has 28 heteroatoms. The molecule has 6 aromatic rings. The molecular formula is C50H76Cl2N14O8S4. The van der Waals surface area contributed by atoms with E-state index in [0.717, 1.165) is 12.4 Å². The van der Waals surface area contributed by atoms with E-state index in [4.69, 9.17) is 34.8 Å². The number of amides is 2. The van der Waals surface area contributed by atoms with Crippen LogP contribution in [-0.2, 0) is 20.0 Å². The SMILES string of the molecule is Cc1[nH]ncc1S(=O)(=O)NC(=O)c1ccc(-n2ccc(OCC(C)(C)C)n2)nc1Cl.Cl.S.S.[2H]C([2H])([2H])[C@@H]1CN(c2nc(-n3ccc(OCC(C)(C)C)n3)ccc2C(=O)NS(=O)(=O)c2cn[nH]c2C)C(C)(C)C1([2H])[2H].[2H]C([2H])([2H])[C@@H]1CNC(C)(C)C1([2H])[2H]. The summed E-state index contributed by atoms with van der Waals surface area (Å²) in [4.78, 5) is 35.7. The Morgan fingerprint density at radius 2 is 1.21 bits per heavy atom. The number of pyridine rings is 2. The maximum atomic E-state index is 13.5. The highest BCUT2D eigenvalue weighted by molar-refractivity contribution is 7.90. The van der Waals surface area contributed by atoms with E-state index in [1.54, 1.807) is 38.4 Å². The van der Waals surface area contributed by atoms with Crippen molar-refractivity contribution in [2.75, 3.05) is 31.2 Å². The van der Waals surface area contributed by atoms with Crippen LogP contribution < -0.4 is 29.1 Å². The second-order valence-corrected chi connectivity index (χ2v) is 24.8. The fourth-order valence-electron chi connectivity index (χ4n) is 7.17. The molecule has 2 atom stereocenters. The number of hydrogen-bond donors (Lipinski definition) is 5. The number of aromatic nitrogens is 10. The van der Waals surface area contributed by atoms with Crippen LogP contribution in [-0.4, -0.2) is 116 Å². The van der Waals surface area contributed by atoms with Crippen LogP contribution >= 0.6 is 51.0 Å². The molecular weight excluding hydrogens is 1120 g/mol. The van der Waals surface area contributed by atoms with Gasteiger partial charge in [0.15, 0.2) is 11.6 Å². The number of hydrogen-bond acceptors (Lipinski definition) is 16. The van der Waals surface area contributed by atoms with Gasteiger partial charge in [-0.2, -0.15) is 37.2 Å². The highest BCUT2D eigenvalue weighted by atomic mass is 35.5. The average Bonchev–Trinajstić information content (AvgIpc) is 1.60.